The molecule has 0 aromatic carbocycles. The van der Waals surface area contributed by atoms with E-state index >= 15 is 0 Å². The third-order valence-electron chi connectivity index (χ3n) is 3.41. The van der Waals surface area contributed by atoms with Crippen LogP contribution in [0.3, 0.4) is 0 Å². The van der Waals surface area contributed by atoms with Crippen molar-refractivity contribution in [3.63, 3.8) is 0 Å². The maximum absolute atomic E-state index is 11.6. The summed E-state index contributed by atoms with van der Waals surface area (Å²) in [5.41, 5.74) is 5.05. The first-order valence-electron chi connectivity index (χ1n) is 8.45. The number of hydrogen-bond acceptors (Lipinski definition) is 6. The van der Waals surface area contributed by atoms with E-state index in [0.717, 1.165) is 35.4 Å². The SMILES string of the molecule is O=C(CCCCCCC(=O)N/N=C/c1cccs1)N/N=C/c1cccs1. The lowest BCUT2D eigenvalue weighted by molar-refractivity contribution is -0.122. The summed E-state index contributed by atoms with van der Waals surface area (Å²) in [6.07, 6.45) is 7.57. The second-order valence-corrected chi connectivity index (χ2v) is 7.49. The topological polar surface area (TPSA) is 82.9 Å². The number of amides is 2. The maximum Gasteiger partial charge on any atom is 0.240 e. The van der Waals surface area contributed by atoms with E-state index in [2.05, 4.69) is 21.1 Å². The van der Waals surface area contributed by atoms with Gasteiger partial charge >= 0.3 is 0 Å². The van der Waals surface area contributed by atoms with Crippen LogP contribution in [0.15, 0.2) is 45.2 Å². The van der Waals surface area contributed by atoms with Crippen LogP contribution in [0.5, 0.6) is 0 Å². The van der Waals surface area contributed by atoms with Crippen molar-refractivity contribution in [1.29, 1.82) is 0 Å². The van der Waals surface area contributed by atoms with Gasteiger partial charge in [-0.2, -0.15) is 10.2 Å². The number of hydrazone groups is 2. The molecule has 0 saturated carbocycles. The van der Waals surface area contributed by atoms with Crippen molar-refractivity contribution >= 4 is 46.9 Å². The van der Waals surface area contributed by atoms with Crippen molar-refractivity contribution < 1.29 is 9.59 Å². The van der Waals surface area contributed by atoms with Gasteiger partial charge in [-0.1, -0.05) is 25.0 Å². The van der Waals surface area contributed by atoms with Crippen LogP contribution in [0.1, 0.15) is 48.3 Å². The predicted molar refractivity (Wildman–Crippen MR) is 108 cm³/mol. The molecule has 8 heteroatoms. The Hall–Kier alpha value is -2.32. The van der Waals surface area contributed by atoms with Gasteiger partial charge in [0.2, 0.25) is 11.8 Å². The van der Waals surface area contributed by atoms with Gasteiger partial charge in [-0.15, -0.1) is 22.7 Å². The molecule has 2 aromatic heterocycles. The highest BCUT2D eigenvalue weighted by Crippen LogP contribution is 2.07. The molecule has 2 rings (SSSR count). The zero-order valence-corrected chi connectivity index (χ0v) is 16.0. The van der Waals surface area contributed by atoms with Crippen molar-refractivity contribution in [2.75, 3.05) is 0 Å². The van der Waals surface area contributed by atoms with E-state index in [-0.39, 0.29) is 11.8 Å². The van der Waals surface area contributed by atoms with Crippen molar-refractivity contribution in [3.05, 3.63) is 44.8 Å². The van der Waals surface area contributed by atoms with Crippen LogP contribution in [-0.4, -0.2) is 24.2 Å². The van der Waals surface area contributed by atoms with Crippen molar-refractivity contribution in [2.45, 2.75) is 38.5 Å². The molecule has 0 fully saturated rings. The summed E-state index contributed by atoms with van der Waals surface area (Å²) in [6, 6.07) is 7.74. The van der Waals surface area contributed by atoms with Crippen molar-refractivity contribution in [3.8, 4) is 0 Å². The lowest BCUT2D eigenvalue weighted by atomic mass is 10.1. The normalized spacial score (nSPS) is 11.2. The van der Waals surface area contributed by atoms with Gasteiger partial charge in [0.15, 0.2) is 0 Å². The molecule has 0 spiro atoms. The fourth-order valence-corrected chi connectivity index (χ4v) is 3.27. The number of nitrogens with zero attached hydrogens (tertiary/aromatic N) is 2. The molecule has 0 saturated heterocycles. The number of rotatable bonds is 11. The van der Waals surface area contributed by atoms with E-state index in [1.165, 1.54) is 0 Å². The van der Waals surface area contributed by atoms with Gasteiger partial charge in [0, 0.05) is 22.6 Å². The van der Waals surface area contributed by atoms with Crippen LogP contribution in [0, 0.1) is 0 Å². The summed E-state index contributed by atoms with van der Waals surface area (Å²) in [5.74, 6) is -0.170. The average molecular weight is 391 g/mol. The zero-order valence-electron chi connectivity index (χ0n) is 14.4. The molecular formula is C18H22N4O2S2. The Bertz CT molecular complexity index is 647. The van der Waals surface area contributed by atoms with Crippen LogP contribution >= 0.6 is 22.7 Å². The highest BCUT2D eigenvalue weighted by Gasteiger charge is 2.02. The molecule has 2 amide bonds. The lowest BCUT2D eigenvalue weighted by Crippen LogP contribution is -2.17. The first kappa shape index (κ1) is 20.0. The van der Waals surface area contributed by atoms with Crippen LogP contribution in [0.2, 0.25) is 0 Å². The molecule has 2 N–H and O–H groups in total. The molecule has 0 unspecified atom stereocenters. The predicted octanol–water partition coefficient (Wildman–Crippen LogP) is 3.75. The zero-order chi connectivity index (χ0) is 18.5. The maximum atomic E-state index is 11.6. The Morgan fingerprint density at radius 1 is 0.808 bits per heavy atom. The van der Waals surface area contributed by atoms with Crippen LogP contribution in [0.25, 0.3) is 0 Å². The molecule has 138 valence electrons. The van der Waals surface area contributed by atoms with Crippen LogP contribution in [0.4, 0.5) is 0 Å². The summed E-state index contributed by atoms with van der Waals surface area (Å²) in [5, 5.41) is 11.8. The summed E-state index contributed by atoms with van der Waals surface area (Å²) < 4.78 is 0. The van der Waals surface area contributed by atoms with Gasteiger partial charge in [-0.3, -0.25) is 9.59 Å². The van der Waals surface area contributed by atoms with Gasteiger partial charge in [0.1, 0.15) is 0 Å². The van der Waals surface area contributed by atoms with E-state index in [0.29, 0.717) is 12.8 Å². The summed E-state index contributed by atoms with van der Waals surface area (Å²) >= 11 is 3.13. The van der Waals surface area contributed by atoms with E-state index < -0.39 is 0 Å². The highest BCUT2D eigenvalue weighted by molar-refractivity contribution is 7.12. The fraction of sp³-hybridized carbons (Fsp3) is 0.333. The number of carbonyl (C=O) groups excluding carboxylic acids is 2. The second-order valence-electron chi connectivity index (χ2n) is 5.53. The largest absolute Gasteiger partial charge is 0.273 e. The minimum Gasteiger partial charge on any atom is -0.273 e. The Morgan fingerprint density at radius 2 is 1.27 bits per heavy atom. The third-order valence-corrected chi connectivity index (χ3v) is 5.02. The Morgan fingerprint density at radius 3 is 1.65 bits per heavy atom. The van der Waals surface area contributed by atoms with E-state index in [9.17, 15) is 9.59 Å². The minimum atomic E-state index is -0.0848. The number of carbonyl (C=O) groups is 2. The minimum absolute atomic E-state index is 0.0848. The molecule has 0 bridgehead atoms. The van der Waals surface area contributed by atoms with Crippen molar-refractivity contribution in [1.82, 2.24) is 10.9 Å². The van der Waals surface area contributed by atoms with Crippen LogP contribution < -0.4 is 10.9 Å². The number of unbranched alkanes of at least 4 members (excludes halogenated alkanes) is 3. The molecule has 0 aliphatic heterocycles. The summed E-state index contributed by atoms with van der Waals surface area (Å²) in [4.78, 5) is 25.3. The average Bonchev–Trinajstić information content (AvgIpc) is 3.32. The quantitative estimate of drug-likeness (QED) is 0.348. The monoisotopic (exact) mass is 390 g/mol. The molecule has 26 heavy (non-hydrogen) atoms. The highest BCUT2D eigenvalue weighted by atomic mass is 32.1. The van der Waals surface area contributed by atoms with Crippen LogP contribution in [-0.2, 0) is 9.59 Å². The first-order chi connectivity index (χ1) is 12.7. The van der Waals surface area contributed by atoms with Gasteiger partial charge < -0.3 is 0 Å². The third kappa shape index (κ3) is 8.68. The molecule has 0 aliphatic rings. The standard InChI is InChI=1S/C18H22N4O2S2/c23-17(21-19-13-15-7-5-11-25-15)9-3-1-2-4-10-18(24)22-20-14-16-8-6-12-26-16/h5-8,11-14H,1-4,9-10H2,(H,21,23)(H,22,24)/b19-13+,20-14+. The molecule has 0 radical (unpaired) electrons. The van der Waals surface area contributed by atoms with E-state index in [4.69, 9.17) is 0 Å². The lowest BCUT2D eigenvalue weighted by Gasteiger charge is -2.01. The van der Waals surface area contributed by atoms with Gasteiger partial charge in [-0.05, 0) is 35.7 Å². The molecule has 2 aromatic rings. The molecule has 6 nitrogen and oxygen atoms in total. The Labute approximate surface area is 161 Å². The number of hydrogen-bond donors (Lipinski definition) is 2. The molecule has 2 heterocycles. The fourth-order valence-electron chi connectivity index (χ4n) is 2.10. The smallest absolute Gasteiger partial charge is 0.240 e. The number of nitrogens with one attached hydrogen (secondary N) is 2. The molecule has 0 atom stereocenters. The molecular weight excluding hydrogens is 368 g/mol. The summed E-state index contributed by atoms with van der Waals surface area (Å²) in [7, 11) is 0. The first-order valence-corrected chi connectivity index (χ1v) is 10.2. The Kier molecular flexibility index (Phi) is 9.31. The van der Waals surface area contributed by atoms with Gasteiger partial charge in [0.25, 0.3) is 0 Å². The van der Waals surface area contributed by atoms with Crippen molar-refractivity contribution in [2.24, 2.45) is 10.2 Å². The van der Waals surface area contributed by atoms with E-state index in [1.54, 1.807) is 35.1 Å². The van der Waals surface area contributed by atoms with Gasteiger partial charge in [0.05, 0.1) is 12.4 Å². The summed E-state index contributed by atoms with van der Waals surface area (Å²) in [6.45, 7) is 0. The molecule has 0 aliphatic carbocycles. The Balaban J connectivity index is 1.44. The van der Waals surface area contributed by atoms with E-state index in [1.807, 2.05) is 35.0 Å². The number of thiophene rings is 2. The van der Waals surface area contributed by atoms with Gasteiger partial charge in [-0.25, -0.2) is 10.9 Å². The second kappa shape index (κ2) is 12.1.